The highest BCUT2D eigenvalue weighted by atomic mass is 16.5. The summed E-state index contributed by atoms with van der Waals surface area (Å²) >= 11 is 0. The Hall–Kier alpha value is -4.58. The number of nitrogens with zero attached hydrogens (tertiary/aromatic N) is 2. The lowest BCUT2D eigenvalue weighted by Gasteiger charge is -2.08. The smallest absolute Gasteiger partial charge is 0.119 e. The van der Waals surface area contributed by atoms with Crippen LogP contribution in [0.25, 0.3) is 0 Å². The van der Waals surface area contributed by atoms with Gasteiger partial charge in [-0.2, -0.15) is 0 Å². The third-order valence-corrected chi connectivity index (χ3v) is 5.93. The average molecular weight is 551 g/mol. The molecule has 0 aromatic heterocycles. The van der Waals surface area contributed by atoms with Gasteiger partial charge in [0.1, 0.15) is 23.0 Å². The van der Waals surface area contributed by atoms with E-state index in [9.17, 15) is 0 Å². The van der Waals surface area contributed by atoms with Crippen molar-refractivity contribution in [3.8, 4) is 23.0 Å². The zero-order valence-corrected chi connectivity index (χ0v) is 23.9. The molecule has 6 nitrogen and oxygen atoms in total. The molecule has 0 atom stereocenters. The van der Waals surface area contributed by atoms with Crippen molar-refractivity contribution in [1.29, 1.82) is 0 Å². The van der Waals surface area contributed by atoms with Crippen molar-refractivity contribution in [2.75, 3.05) is 26.4 Å². The van der Waals surface area contributed by atoms with Gasteiger partial charge in [-0.05, 0) is 121 Å². The molecule has 4 aromatic carbocycles. The van der Waals surface area contributed by atoms with Crippen molar-refractivity contribution >= 4 is 23.8 Å². The summed E-state index contributed by atoms with van der Waals surface area (Å²) < 4.78 is 22.9. The summed E-state index contributed by atoms with van der Waals surface area (Å²) in [5, 5.41) is 0. The molecule has 4 aromatic rings. The highest BCUT2D eigenvalue weighted by molar-refractivity contribution is 5.82. The third kappa shape index (κ3) is 10.5. The van der Waals surface area contributed by atoms with Gasteiger partial charge in [0.05, 0.1) is 37.8 Å². The quantitative estimate of drug-likeness (QED) is 0.103. The highest BCUT2D eigenvalue weighted by Crippen LogP contribution is 2.21. The SMILES string of the molecule is CCCOc1ccc(C=Nc2ccc(OCCCOc3ccc(N=Cc4ccc(OCCC)cc4)cc3)cc2)cc1. The monoisotopic (exact) mass is 550 g/mol. The minimum absolute atomic E-state index is 0.569. The first kappa shape index (κ1) is 29.4. The minimum atomic E-state index is 0.569. The molecule has 0 saturated heterocycles. The van der Waals surface area contributed by atoms with E-state index in [-0.39, 0.29) is 0 Å². The molecule has 6 heteroatoms. The predicted octanol–water partition coefficient (Wildman–Crippen LogP) is 8.61. The predicted molar refractivity (Wildman–Crippen MR) is 167 cm³/mol. The van der Waals surface area contributed by atoms with Crippen LogP contribution in [0.3, 0.4) is 0 Å². The molecule has 0 saturated carbocycles. The van der Waals surface area contributed by atoms with Crippen LogP contribution in [0.4, 0.5) is 11.4 Å². The minimum Gasteiger partial charge on any atom is -0.494 e. The van der Waals surface area contributed by atoms with E-state index >= 15 is 0 Å². The highest BCUT2D eigenvalue weighted by Gasteiger charge is 1.99. The average Bonchev–Trinajstić information content (AvgIpc) is 3.03. The number of rotatable bonds is 16. The maximum atomic E-state index is 5.85. The molecule has 0 bridgehead atoms. The van der Waals surface area contributed by atoms with E-state index in [1.165, 1.54) is 0 Å². The van der Waals surface area contributed by atoms with E-state index in [4.69, 9.17) is 18.9 Å². The lowest BCUT2D eigenvalue weighted by atomic mass is 10.2. The van der Waals surface area contributed by atoms with Gasteiger partial charge < -0.3 is 18.9 Å². The number of hydrogen-bond donors (Lipinski definition) is 0. The maximum absolute atomic E-state index is 5.85. The van der Waals surface area contributed by atoms with Gasteiger partial charge in [-0.1, -0.05) is 13.8 Å². The molecular formula is C35H38N2O4. The lowest BCUT2D eigenvalue weighted by molar-refractivity contribution is 0.247. The Morgan fingerprint density at radius 1 is 0.439 bits per heavy atom. The van der Waals surface area contributed by atoms with Gasteiger partial charge in [0.25, 0.3) is 0 Å². The van der Waals surface area contributed by atoms with Crippen LogP contribution in [-0.2, 0) is 0 Å². The maximum Gasteiger partial charge on any atom is 0.119 e. The molecule has 212 valence electrons. The molecule has 0 N–H and O–H groups in total. The first-order chi connectivity index (χ1) is 20.2. The van der Waals surface area contributed by atoms with Gasteiger partial charge in [0.2, 0.25) is 0 Å². The molecule has 0 spiro atoms. The van der Waals surface area contributed by atoms with Gasteiger partial charge in [0, 0.05) is 18.9 Å². The van der Waals surface area contributed by atoms with Crippen LogP contribution in [0.1, 0.15) is 44.2 Å². The Bertz CT molecular complexity index is 1240. The van der Waals surface area contributed by atoms with Crippen molar-refractivity contribution in [3.05, 3.63) is 108 Å². The normalized spacial score (nSPS) is 11.2. The molecule has 0 aliphatic heterocycles. The van der Waals surface area contributed by atoms with Gasteiger partial charge >= 0.3 is 0 Å². The molecule has 0 amide bonds. The molecule has 0 heterocycles. The van der Waals surface area contributed by atoms with Crippen LogP contribution in [0, 0.1) is 0 Å². The second-order valence-corrected chi connectivity index (χ2v) is 9.39. The van der Waals surface area contributed by atoms with Crippen molar-refractivity contribution in [2.24, 2.45) is 9.98 Å². The van der Waals surface area contributed by atoms with E-state index in [0.29, 0.717) is 13.2 Å². The largest absolute Gasteiger partial charge is 0.494 e. The third-order valence-electron chi connectivity index (χ3n) is 5.93. The summed E-state index contributed by atoms with van der Waals surface area (Å²) in [6.45, 7) is 6.78. The summed E-state index contributed by atoms with van der Waals surface area (Å²) in [4.78, 5) is 9.09. The fraction of sp³-hybridized carbons (Fsp3) is 0.257. The summed E-state index contributed by atoms with van der Waals surface area (Å²) in [6.07, 6.45) is 6.46. The number of hydrogen-bond acceptors (Lipinski definition) is 6. The van der Waals surface area contributed by atoms with Crippen LogP contribution in [0.2, 0.25) is 0 Å². The zero-order chi connectivity index (χ0) is 28.5. The van der Waals surface area contributed by atoms with Crippen molar-refractivity contribution in [3.63, 3.8) is 0 Å². The summed E-state index contributed by atoms with van der Waals surface area (Å²) in [6, 6.07) is 31.4. The van der Waals surface area contributed by atoms with Crippen LogP contribution < -0.4 is 18.9 Å². The molecule has 0 aliphatic carbocycles. The second kappa shape index (κ2) is 16.5. The van der Waals surface area contributed by atoms with Crippen LogP contribution in [-0.4, -0.2) is 38.9 Å². The van der Waals surface area contributed by atoms with E-state index < -0.39 is 0 Å². The summed E-state index contributed by atoms with van der Waals surface area (Å²) in [5.41, 5.74) is 3.79. The molecule has 41 heavy (non-hydrogen) atoms. The van der Waals surface area contributed by atoms with Crippen molar-refractivity contribution in [2.45, 2.75) is 33.1 Å². The standard InChI is InChI=1S/C35H38N2O4/c1-3-22-38-32-14-6-28(7-15-32)26-36-30-10-18-34(19-11-30)40-24-5-25-41-35-20-12-31(13-21-35)37-27-29-8-16-33(17-9-29)39-23-4-2/h6-21,26-27H,3-5,22-25H2,1-2H3. The molecular weight excluding hydrogens is 512 g/mol. The van der Waals surface area contributed by atoms with Gasteiger partial charge in [-0.15, -0.1) is 0 Å². The number of benzene rings is 4. The summed E-state index contributed by atoms with van der Waals surface area (Å²) in [7, 11) is 0. The second-order valence-electron chi connectivity index (χ2n) is 9.39. The molecule has 4 rings (SSSR count). The first-order valence-electron chi connectivity index (χ1n) is 14.2. The number of aliphatic imine (C=N–C) groups is 2. The zero-order valence-electron chi connectivity index (χ0n) is 23.9. The Kier molecular flexibility index (Phi) is 11.8. The van der Waals surface area contributed by atoms with E-state index in [1.807, 2.05) is 109 Å². The molecule has 0 aliphatic rings. The Morgan fingerprint density at radius 3 is 1.10 bits per heavy atom. The molecule has 0 unspecified atom stereocenters. The topological polar surface area (TPSA) is 61.6 Å². The van der Waals surface area contributed by atoms with Crippen molar-refractivity contribution < 1.29 is 18.9 Å². The Labute approximate surface area is 243 Å². The summed E-state index contributed by atoms with van der Waals surface area (Å²) in [5.74, 6) is 3.38. The first-order valence-corrected chi connectivity index (χ1v) is 14.2. The Morgan fingerprint density at radius 2 is 0.756 bits per heavy atom. The van der Waals surface area contributed by atoms with Gasteiger partial charge in [0.15, 0.2) is 0 Å². The molecule has 0 fully saturated rings. The van der Waals surface area contributed by atoms with Crippen molar-refractivity contribution in [1.82, 2.24) is 0 Å². The fourth-order valence-corrected chi connectivity index (χ4v) is 3.73. The van der Waals surface area contributed by atoms with Gasteiger partial charge in [-0.3, -0.25) is 9.98 Å². The van der Waals surface area contributed by atoms with E-state index in [0.717, 1.165) is 78.0 Å². The van der Waals surface area contributed by atoms with Crippen LogP contribution >= 0.6 is 0 Å². The van der Waals surface area contributed by atoms with E-state index in [1.54, 1.807) is 0 Å². The molecule has 0 radical (unpaired) electrons. The fourth-order valence-electron chi connectivity index (χ4n) is 3.73. The number of ether oxygens (including phenoxy) is 4. The lowest BCUT2D eigenvalue weighted by Crippen LogP contribution is -2.04. The Balaban J connectivity index is 1.13. The van der Waals surface area contributed by atoms with E-state index in [2.05, 4.69) is 23.8 Å². The van der Waals surface area contributed by atoms with Crippen LogP contribution in [0.5, 0.6) is 23.0 Å². The van der Waals surface area contributed by atoms with Crippen LogP contribution in [0.15, 0.2) is 107 Å². The van der Waals surface area contributed by atoms with Gasteiger partial charge in [-0.25, -0.2) is 0 Å².